The Morgan fingerprint density at radius 1 is 1.28 bits per heavy atom. The molecule has 0 saturated heterocycles. The van der Waals surface area contributed by atoms with Crippen LogP contribution in [0.1, 0.15) is 6.92 Å². The summed E-state index contributed by atoms with van der Waals surface area (Å²) in [5, 5.41) is 4.71. The molecule has 0 aliphatic heterocycles. The SMILES string of the molecule is C#CC(C)OC(=O)Nc1cccc2ccccc12. The fourth-order valence-corrected chi connectivity index (χ4v) is 1.67. The Labute approximate surface area is 106 Å². The zero-order chi connectivity index (χ0) is 13.0. The molecule has 2 aromatic carbocycles. The minimum Gasteiger partial charge on any atom is -0.433 e. The molecule has 0 saturated carbocycles. The van der Waals surface area contributed by atoms with Crippen molar-refractivity contribution in [3.8, 4) is 12.3 Å². The average molecular weight is 239 g/mol. The van der Waals surface area contributed by atoms with Crippen molar-refractivity contribution in [3.05, 3.63) is 42.5 Å². The van der Waals surface area contributed by atoms with E-state index in [1.54, 1.807) is 6.92 Å². The van der Waals surface area contributed by atoms with Gasteiger partial charge in [-0.25, -0.2) is 4.79 Å². The maximum Gasteiger partial charge on any atom is 0.412 e. The molecule has 0 spiro atoms. The van der Waals surface area contributed by atoms with Crippen LogP contribution in [0.15, 0.2) is 42.5 Å². The van der Waals surface area contributed by atoms with Crippen LogP contribution >= 0.6 is 0 Å². The second kappa shape index (κ2) is 5.24. The van der Waals surface area contributed by atoms with Crippen molar-refractivity contribution in [2.24, 2.45) is 0 Å². The number of anilines is 1. The molecule has 2 aromatic rings. The fourth-order valence-electron chi connectivity index (χ4n) is 1.67. The number of hydrogen-bond acceptors (Lipinski definition) is 2. The van der Waals surface area contributed by atoms with E-state index in [1.165, 1.54) is 0 Å². The Bertz CT molecular complexity index is 608. The summed E-state index contributed by atoms with van der Waals surface area (Å²) in [5.74, 6) is 2.34. The second-order valence-corrected chi connectivity index (χ2v) is 3.87. The molecule has 0 radical (unpaired) electrons. The third-order valence-electron chi connectivity index (χ3n) is 2.54. The largest absolute Gasteiger partial charge is 0.433 e. The molecule has 0 aromatic heterocycles. The zero-order valence-electron chi connectivity index (χ0n) is 10.0. The minimum absolute atomic E-state index is 0.542. The van der Waals surface area contributed by atoms with Crippen LogP contribution in [0, 0.1) is 12.3 Å². The molecule has 1 unspecified atom stereocenters. The fraction of sp³-hybridized carbons (Fsp3) is 0.133. The van der Waals surface area contributed by atoms with Crippen molar-refractivity contribution < 1.29 is 9.53 Å². The van der Waals surface area contributed by atoms with Gasteiger partial charge in [-0.05, 0) is 18.4 Å². The first-order chi connectivity index (χ1) is 8.70. The van der Waals surface area contributed by atoms with E-state index in [0.717, 1.165) is 10.8 Å². The topological polar surface area (TPSA) is 38.3 Å². The number of ether oxygens (including phenoxy) is 1. The van der Waals surface area contributed by atoms with Crippen LogP contribution in [0.5, 0.6) is 0 Å². The highest BCUT2D eigenvalue weighted by Crippen LogP contribution is 2.23. The van der Waals surface area contributed by atoms with Crippen molar-refractivity contribution >= 4 is 22.6 Å². The number of hydrogen-bond donors (Lipinski definition) is 1. The van der Waals surface area contributed by atoms with E-state index in [-0.39, 0.29) is 0 Å². The van der Waals surface area contributed by atoms with Gasteiger partial charge in [0, 0.05) is 5.39 Å². The summed E-state index contributed by atoms with van der Waals surface area (Å²) in [6.45, 7) is 1.64. The summed E-state index contributed by atoms with van der Waals surface area (Å²) < 4.78 is 4.97. The van der Waals surface area contributed by atoms with Crippen LogP contribution in [-0.4, -0.2) is 12.2 Å². The average Bonchev–Trinajstić information content (AvgIpc) is 2.39. The highest BCUT2D eigenvalue weighted by atomic mass is 16.6. The van der Waals surface area contributed by atoms with Gasteiger partial charge in [0.25, 0.3) is 0 Å². The third kappa shape index (κ3) is 2.61. The lowest BCUT2D eigenvalue weighted by atomic mass is 10.1. The van der Waals surface area contributed by atoms with Crippen LogP contribution < -0.4 is 5.32 Å². The van der Waals surface area contributed by atoms with Gasteiger partial charge >= 0.3 is 6.09 Å². The standard InChI is InChI=1S/C15H13NO2/c1-3-11(2)18-15(17)16-14-10-6-8-12-7-4-5-9-13(12)14/h1,4-11H,2H3,(H,16,17). The molecule has 2 rings (SSSR count). The third-order valence-corrected chi connectivity index (χ3v) is 2.54. The van der Waals surface area contributed by atoms with E-state index in [1.807, 2.05) is 42.5 Å². The van der Waals surface area contributed by atoms with Crippen LogP contribution in [0.25, 0.3) is 10.8 Å². The number of amides is 1. The number of fused-ring (bicyclic) bond motifs is 1. The van der Waals surface area contributed by atoms with E-state index in [0.29, 0.717) is 5.69 Å². The summed E-state index contributed by atoms with van der Waals surface area (Å²) in [6.07, 6.45) is 4.06. The van der Waals surface area contributed by atoms with E-state index in [2.05, 4.69) is 11.2 Å². The predicted molar refractivity (Wildman–Crippen MR) is 72.3 cm³/mol. The highest BCUT2D eigenvalue weighted by Gasteiger charge is 2.08. The molecule has 0 aliphatic rings. The summed E-state index contributed by atoms with van der Waals surface area (Å²) in [6, 6.07) is 13.5. The molecular formula is C15H13NO2. The Morgan fingerprint density at radius 2 is 2.00 bits per heavy atom. The molecule has 1 amide bonds. The highest BCUT2D eigenvalue weighted by molar-refractivity contribution is 6.00. The van der Waals surface area contributed by atoms with Crippen LogP contribution in [0.3, 0.4) is 0 Å². The Balaban J connectivity index is 2.22. The number of rotatable bonds is 2. The molecule has 90 valence electrons. The molecular weight excluding hydrogens is 226 g/mol. The normalized spacial score (nSPS) is 11.6. The first kappa shape index (κ1) is 12.0. The number of carbonyl (C=O) groups is 1. The van der Waals surface area contributed by atoms with Gasteiger partial charge in [0.1, 0.15) is 0 Å². The van der Waals surface area contributed by atoms with Gasteiger partial charge in [0.2, 0.25) is 0 Å². The number of nitrogens with one attached hydrogen (secondary N) is 1. The molecule has 18 heavy (non-hydrogen) atoms. The lowest BCUT2D eigenvalue weighted by Gasteiger charge is -2.10. The molecule has 1 atom stereocenters. The summed E-state index contributed by atoms with van der Waals surface area (Å²) in [4.78, 5) is 11.6. The Morgan fingerprint density at radius 3 is 2.78 bits per heavy atom. The van der Waals surface area contributed by atoms with Crippen molar-refractivity contribution in [2.45, 2.75) is 13.0 Å². The smallest absolute Gasteiger partial charge is 0.412 e. The van der Waals surface area contributed by atoms with E-state index < -0.39 is 12.2 Å². The van der Waals surface area contributed by atoms with Gasteiger partial charge in [-0.3, -0.25) is 5.32 Å². The monoisotopic (exact) mass is 239 g/mol. The van der Waals surface area contributed by atoms with E-state index in [4.69, 9.17) is 11.2 Å². The van der Waals surface area contributed by atoms with Crippen molar-refractivity contribution in [1.29, 1.82) is 0 Å². The van der Waals surface area contributed by atoms with Gasteiger partial charge in [-0.2, -0.15) is 0 Å². The van der Waals surface area contributed by atoms with E-state index in [9.17, 15) is 4.79 Å². The zero-order valence-corrected chi connectivity index (χ0v) is 10.0. The molecule has 1 N–H and O–H groups in total. The van der Waals surface area contributed by atoms with Gasteiger partial charge in [-0.15, -0.1) is 6.42 Å². The lowest BCUT2D eigenvalue weighted by molar-refractivity contribution is 0.145. The molecule has 0 aliphatic carbocycles. The number of benzene rings is 2. The maximum atomic E-state index is 11.6. The van der Waals surface area contributed by atoms with Crippen LogP contribution in [0.4, 0.5) is 10.5 Å². The first-order valence-electron chi connectivity index (χ1n) is 5.62. The van der Waals surface area contributed by atoms with Gasteiger partial charge < -0.3 is 4.74 Å². The molecule has 3 heteroatoms. The van der Waals surface area contributed by atoms with Gasteiger partial charge in [-0.1, -0.05) is 42.3 Å². The van der Waals surface area contributed by atoms with Crippen molar-refractivity contribution in [3.63, 3.8) is 0 Å². The van der Waals surface area contributed by atoms with Crippen molar-refractivity contribution in [1.82, 2.24) is 0 Å². The summed E-state index contributed by atoms with van der Waals surface area (Å²) >= 11 is 0. The van der Waals surface area contributed by atoms with E-state index >= 15 is 0 Å². The molecule has 0 heterocycles. The van der Waals surface area contributed by atoms with Gasteiger partial charge in [0.05, 0.1) is 5.69 Å². The molecule has 0 bridgehead atoms. The molecule has 3 nitrogen and oxygen atoms in total. The Kier molecular flexibility index (Phi) is 3.49. The number of carbonyl (C=O) groups excluding carboxylic acids is 1. The van der Waals surface area contributed by atoms with Crippen LogP contribution in [0.2, 0.25) is 0 Å². The Hall–Kier alpha value is -2.47. The lowest BCUT2D eigenvalue weighted by Crippen LogP contribution is -2.19. The second-order valence-electron chi connectivity index (χ2n) is 3.87. The number of terminal acetylenes is 1. The molecule has 0 fully saturated rings. The minimum atomic E-state index is -0.545. The van der Waals surface area contributed by atoms with Crippen LogP contribution in [-0.2, 0) is 4.74 Å². The quantitative estimate of drug-likeness (QED) is 0.815. The first-order valence-corrected chi connectivity index (χ1v) is 5.62. The van der Waals surface area contributed by atoms with Crippen molar-refractivity contribution in [2.75, 3.05) is 5.32 Å². The van der Waals surface area contributed by atoms with Gasteiger partial charge in [0.15, 0.2) is 6.10 Å². The predicted octanol–water partition coefficient (Wildman–Crippen LogP) is 3.41. The summed E-state index contributed by atoms with van der Waals surface area (Å²) in [5.41, 5.74) is 0.710. The maximum absolute atomic E-state index is 11.6. The summed E-state index contributed by atoms with van der Waals surface area (Å²) in [7, 11) is 0.